The quantitative estimate of drug-likeness (QED) is 0.226. The SMILES string of the molecule is COc1cccc(Cc2c(C)c([C@H](OC(C)(C)C)C(=O)O)c(-c3ccc4c5c(ccnc35)CCO4)c3ccc(=O)[nH]c23)c1. The largest absolute Gasteiger partial charge is 0.497 e. The van der Waals surface area contributed by atoms with Crippen LogP contribution in [0.15, 0.2) is 65.6 Å². The summed E-state index contributed by atoms with van der Waals surface area (Å²) in [5.74, 6) is 0.357. The van der Waals surface area contributed by atoms with Crippen molar-refractivity contribution in [2.45, 2.75) is 52.2 Å². The molecule has 3 heterocycles. The number of ether oxygens (including phenoxy) is 3. The number of H-pyrrole nitrogens is 1. The number of fused-ring (bicyclic) bond motifs is 1. The number of nitrogens with one attached hydrogen (secondary N) is 1. The van der Waals surface area contributed by atoms with Crippen molar-refractivity contribution in [3.05, 3.63) is 99.0 Å². The average molecular weight is 579 g/mol. The first kappa shape index (κ1) is 28.4. The fourth-order valence-corrected chi connectivity index (χ4v) is 6.12. The highest BCUT2D eigenvalue weighted by Gasteiger charge is 2.34. The number of methoxy groups -OCH3 is 1. The molecule has 1 atom stereocenters. The van der Waals surface area contributed by atoms with Crippen LogP contribution >= 0.6 is 0 Å². The van der Waals surface area contributed by atoms with Gasteiger partial charge in [-0.1, -0.05) is 12.1 Å². The molecule has 3 aromatic carbocycles. The van der Waals surface area contributed by atoms with Crippen molar-refractivity contribution in [3.8, 4) is 22.6 Å². The molecule has 2 N–H and O–H groups in total. The van der Waals surface area contributed by atoms with Gasteiger partial charge in [0.05, 0.1) is 30.4 Å². The van der Waals surface area contributed by atoms with Crippen LogP contribution in [0.1, 0.15) is 54.7 Å². The normalized spacial score (nSPS) is 13.6. The number of aromatic nitrogens is 2. The second-order valence-corrected chi connectivity index (χ2v) is 11.9. The fraction of sp³-hybridized carbons (Fsp3) is 0.286. The summed E-state index contributed by atoms with van der Waals surface area (Å²) in [6.45, 7) is 8.02. The summed E-state index contributed by atoms with van der Waals surface area (Å²) >= 11 is 0. The van der Waals surface area contributed by atoms with Gasteiger partial charge in [-0.25, -0.2) is 4.79 Å². The van der Waals surface area contributed by atoms with Crippen LogP contribution in [0, 0.1) is 6.92 Å². The number of pyridine rings is 2. The van der Waals surface area contributed by atoms with Crippen molar-refractivity contribution in [1.29, 1.82) is 0 Å². The molecule has 1 aliphatic rings. The molecule has 0 unspecified atom stereocenters. The van der Waals surface area contributed by atoms with Gasteiger partial charge in [0.2, 0.25) is 5.56 Å². The zero-order chi connectivity index (χ0) is 30.5. The predicted octanol–water partition coefficient (Wildman–Crippen LogP) is 6.53. The molecule has 0 bridgehead atoms. The van der Waals surface area contributed by atoms with E-state index in [0.29, 0.717) is 46.3 Å². The van der Waals surface area contributed by atoms with Crippen LogP contribution in [0.4, 0.5) is 0 Å². The Morgan fingerprint density at radius 1 is 1.14 bits per heavy atom. The van der Waals surface area contributed by atoms with Gasteiger partial charge in [0, 0.05) is 40.6 Å². The molecule has 6 rings (SSSR count). The van der Waals surface area contributed by atoms with Crippen LogP contribution in [-0.2, 0) is 22.4 Å². The fourth-order valence-electron chi connectivity index (χ4n) is 6.12. The molecule has 8 nitrogen and oxygen atoms in total. The Balaban J connectivity index is 1.74. The first-order valence-electron chi connectivity index (χ1n) is 14.3. The molecule has 43 heavy (non-hydrogen) atoms. The molecule has 0 aliphatic carbocycles. The lowest BCUT2D eigenvalue weighted by Crippen LogP contribution is -2.28. The first-order chi connectivity index (χ1) is 20.6. The molecule has 0 spiro atoms. The van der Waals surface area contributed by atoms with Gasteiger partial charge < -0.3 is 24.3 Å². The molecule has 220 valence electrons. The van der Waals surface area contributed by atoms with Gasteiger partial charge in [0.15, 0.2) is 6.10 Å². The smallest absolute Gasteiger partial charge is 0.337 e. The minimum absolute atomic E-state index is 0.248. The van der Waals surface area contributed by atoms with Crippen molar-refractivity contribution in [3.63, 3.8) is 0 Å². The van der Waals surface area contributed by atoms with E-state index in [4.69, 9.17) is 19.2 Å². The Labute approximate surface area is 249 Å². The van der Waals surface area contributed by atoms with Crippen molar-refractivity contribution in [2.75, 3.05) is 13.7 Å². The zero-order valence-corrected chi connectivity index (χ0v) is 24.9. The number of carboxylic acids is 1. The number of hydrogen-bond donors (Lipinski definition) is 2. The Hall–Kier alpha value is -4.69. The number of nitrogens with zero attached hydrogens (tertiary/aromatic N) is 1. The summed E-state index contributed by atoms with van der Waals surface area (Å²) in [6, 6.07) is 16.8. The highest BCUT2D eigenvalue weighted by molar-refractivity contribution is 6.09. The minimum atomic E-state index is -1.29. The van der Waals surface area contributed by atoms with Crippen molar-refractivity contribution in [1.82, 2.24) is 9.97 Å². The number of benzene rings is 3. The predicted molar refractivity (Wildman–Crippen MR) is 166 cm³/mol. The number of carboxylic acid groups (broad SMARTS) is 1. The van der Waals surface area contributed by atoms with Crippen molar-refractivity contribution < 1.29 is 24.1 Å². The van der Waals surface area contributed by atoms with E-state index >= 15 is 0 Å². The number of rotatable bonds is 7. The van der Waals surface area contributed by atoms with Gasteiger partial charge in [-0.3, -0.25) is 9.78 Å². The molecule has 2 aromatic heterocycles. The summed E-state index contributed by atoms with van der Waals surface area (Å²) in [6.07, 6.45) is 1.67. The van der Waals surface area contributed by atoms with Crippen molar-refractivity contribution >= 4 is 27.8 Å². The van der Waals surface area contributed by atoms with Crippen LogP contribution in [0.3, 0.4) is 0 Å². The van der Waals surface area contributed by atoms with Crippen LogP contribution in [0.5, 0.6) is 11.5 Å². The maximum absolute atomic E-state index is 13.0. The van der Waals surface area contributed by atoms with E-state index < -0.39 is 17.7 Å². The van der Waals surface area contributed by atoms with Gasteiger partial charge in [0.25, 0.3) is 0 Å². The van der Waals surface area contributed by atoms with E-state index in [0.717, 1.165) is 45.4 Å². The molecular formula is C35H34N2O6. The van der Waals surface area contributed by atoms with Crippen LogP contribution in [-0.4, -0.2) is 40.4 Å². The number of hydrogen-bond acceptors (Lipinski definition) is 6. The van der Waals surface area contributed by atoms with Crippen LogP contribution < -0.4 is 15.0 Å². The molecule has 1 aliphatic heterocycles. The topological polar surface area (TPSA) is 111 Å². The van der Waals surface area contributed by atoms with E-state index in [2.05, 4.69) is 4.98 Å². The Morgan fingerprint density at radius 2 is 1.95 bits per heavy atom. The molecule has 0 saturated heterocycles. The molecule has 8 heteroatoms. The summed E-state index contributed by atoms with van der Waals surface area (Å²) in [7, 11) is 1.62. The Morgan fingerprint density at radius 3 is 2.70 bits per heavy atom. The lowest BCUT2D eigenvalue weighted by atomic mass is 9.83. The number of aliphatic carboxylic acids is 1. The third-order valence-corrected chi connectivity index (χ3v) is 7.93. The Kier molecular flexibility index (Phi) is 7.18. The first-order valence-corrected chi connectivity index (χ1v) is 14.3. The van der Waals surface area contributed by atoms with Gasteiger partial charge in [-0.05, 0) is 98.3 Å². The number of aromatic amines is 1. The van der Waals surface area contributed by atoms with Gasteiger partial charge in [-0.2, -0.15) is 0 Å². The lowest BCUT2D eigenvalue weighted by molar-refractivity contribution is -0.160. The summed E-state index contributed by atoms with van der Waals surface area (Å²) in [5, 5.41) is 12.3. The van der Waals surface area contributed by atoms with Crippen LogP contribution in [0.2, 0.25) is 0 Å². The second-order valence-electron chi connectivity index (χ2n) is 11.9. The highest BCUT2D eigenvalue weighted by Crippen LogP contribution is 2.46. The second kappa shape index (κ2) is 10.9. The van der Waals surface area contributed by atoms with E-state index in [1.54, 1.807) is 19.4 Å². The summed E-state index contributed by atoms with van der Waals surface area (Å²) in [5.41, 5.74) is 5.89. The standard InChI is InChI=1S/C35H34N2O6/c1-19-25(18-20-7-6-8-22(17-20)41-5)31-23(10-12-27(38)37-31)30(28(19)33(34(39)40)43-35(2,3)4)24-9-11-26-29-21(14-16-42-26)13-15-36-32(24)29/h6-13,15,17,33H,14,16,18H2,1-5H3,(H,37,38)(H,39,40)/t33-/m0/s1. The average Bonchev–Trinajstić information content (AvgIpc) is 2.97. The van der Waals surface area contributed by atoms with Gasteiger partial charge in [0.1, 0.15) is 11.5 Å². The molecular weight excluding hydrogens is 544 g/mol. The van der Waals surface area contributed by atoms with E-state index in [9.17, 15) is 14.7 Å². The third-order valence-electron chi connectivity index (χ3n) is 7.93. The molecule has 5 aromatic rings. The van der Waals surface area contributed by atoms with E-state index in [1.807, 2.05) is 70.2 Å². The van der Waals surface area contributed by atoms with Crippen molar-refractivity contribution in [2.24, 2.45) is 0 Å². The van der Waals surface area contributed by atoms with E-state index in [1.165, 1.54) is 6.07 Å². The summed E-state index contributed by atoms with van der Waals surface area (Å²) < 4.78 is 17.7. The maximum atomic E-state index is 13.0. The van der Waals surface area contributed by atoms with Gasteiger partial charge in [-0.15, -0.1) is 0 Å². The van der Waals surface area contributed by atoms with E-state index in [-0.39, 0.29) is 5.56 Å². The monoisotopic (exact) mass is 578 g/mol. The molecule has 0 fully saturated rings. The third kappa shape index (κ3) is 5.23. The molecule has 0 amide bonds. The zero-order valence-electron chi connectivity index (χ0n) is 24.9. The summed E-state index contributed by atoms with van der Waals surface area (Å²) in [4.78, 5) is 33.7. The van der Waals surface area contributed by atoms with Crippen LogP contribution in [0.25, 0.3) is 32.9 Å². The van der Waals surface area contributed by atoms with Gasteiger partial charge >= 0.3 is 5.97 Å². The highest BCUT2D eigenvalue weighted by atomic mass is 16.5. The minimum Gasteiger partial charge on any atom is -0.497 e. The molecule has 0 saturated carbocycles. The molecule has 0 radical (unpaired) electrons. The Bertz CT molecular complexity index is 1940. The number of carbonyl (C=O) groups is 1. The maximum Gasteiger partial charge on any atom is 0.337 e. The lowest BCUT2D eigenvalue weighted by Gasteiger charge is -2.30.